The number of primary amides is 1. The third-order valence-corrected chi connectivity index (χ3v) is 2.96. The molecule has 0 atom stereocenters. The monoisotopic (exact) mass is 270 g/mol. The van der Waals surface area contributed by atoms with Crippen molar-refractivity contribution in [2.45, 2.75) is 19.8 Å². The standard InChI is InChI=1S/C16H18N2O2/c1-2-3-11-4-7-13(8-5-11)20-15-10-12(17)6-9-14(15)16(18)19/h4-10H,2-3,17H2,1H3,(H2,18,19). The molecule has 104 valence electrons. The molecular weight excluding hydrogens is 252 g/mol. The van der Waals surface area contributed by atoms with E-state index in [2.05, 4.69) is 6.92 Å². The fraction of sp³-hybridized carbons (Fsp3) is 0.188. The fourth-order valence-electron chi connectivity index (χ4n) is 1.97. The zero-order valence-electron chi connectivity index (χ0n) is 11.4. The van der Waals surface area contributed by atoms with Gasteiger partial charge in [-0.3, -0.25) is 4.79 Å². The highest BCUT2D eigenvalue weighted by molar-refractivity contribution is 5.96. The lowest BCUT2D eigenvalue weighted by atomic mass is 10.1. The molecule has 0 saturated heterocycles. The first-order valence-electron chi connectivity index (χ1n) is 6.56. The van der Waals surface area contributed by atoms with Gasteiger partial charge in [0.2, 0.25) is 0 Å². The summed E-state index contributed by atoms with van der Waals surface area (Å²) in [6.45, 7) is 2.14. The number of anilines is 1. The average Bonchev–Trinajstić information content (AvgIpc) is 2.41. The molecule has 4 N–H and O–H groups in total. The Balaban J connectivity index is 2.25. The van der Waals surface area contributed by atoms with Gasteiger partial charge < -0.3 is 16.2 Å². The van der Waals surface area contributed by atoms with Crippen LogP contribution in [0.5, 0.6) is 11.5 Å². The largest absolute Gasteiger partial charge is 0.456 e. The molecule has 0 unspecified atom stereocenters. The third kappa shape index (κ3) is 3.29. The van der Waals surface area contributed by atoms with Crippen LogP contribution in [-0.4, -0.2) is 5.91 Å². The van der Waals surface area contributed by atoms with Crippen LogP contribution in [0.25, 0.3) is 0 Å². The molecule has 20 heavy (non-hydrogen) atoms. The normalized spacial score (nSPS) is 10.2. The summed E-state index contributed by atoms with van der Waals surface area (Å²) in [6.07, 6.45) is 2.13. The molecule has 0 aliphatic carbocycles. The van der Waals surface area contributed by atoms with Gasteiger partial charge in [0, 0.05) is 11.8 Å². The number of benzene rings is 2. The number of carbonyl (C=O) groups excluding carboxylic acids is 1. The van der Waals surface area contributed by atoms with Crippen LogP contribution in [0.2, 0.25) is 0 Å². The summed E-state index contributed by atoms with van der Waals surface area (Å²) < 4.78 is 5.70. The molecular formula is C16H18N2O2. The van der Waals surface area contributed by atoms with Crippen LogP contribution in [0.3, 0.4) is 0 Å². The van der Waals surface area contributed by atoms with E-state index in [1.54, 1.807) is 18.2 Å². The van der Waals surface area contributed by atoms with E-state index in [1.165, 1.54) is 5.56 Å². The molecule has 1 amide bonds. The summed E-state index contributed by atoms with van der Waals surface area (Å²) >= 11 is 0. The molecule has 0 saturated carbocycles. The maximum atomic E-state index is 11.4. The van der Waals surface area contributed by atoms with Gasteiger partial charge in [-0.1, -0.05) is 25.5 Å². The Hall–Kier alpha value is -2.49. The van der Waals surface area contributed by atoms with Crippen molar-refractivity contribution in [3.63, 3.8) is 0 Å². The van der Waals surface area contributed by atoms with Crippen molar-refractivity contribution in [3.8, 4) is 11.5 Å². The molecule has 0 aliphatic rings. The van der Waals surface area contributed by atoms with Crippen LogP contribution in [-0.2, 0) is 6.42 Å². The number of nitrogen functional groups attached to an aromatic ring is 1. The number of hydrogen-bond acceptors (Lipinski definition) is 3. The van der Waals surface area contributed by atoms with E-state index in [0.29, 0.717) is 22.7 Å². The Kier molecular flexibility index (Phi) is 4.25. The minimum atomic E-state index is -0.539. The van der Waals surface area contributed by atoms with Crippen molar-refractivity contribution in [1.29, 1.82) is 0 Å². The third-order valence-electron chi connectivity index (χ3n) is 2.96. The molecule has 2 rings (SSSR count). The first-order valence-corrected chi connectivity index (χ1v) is 6.56. The van der Waals surface area contributed by atoms with E-state index in [1.807, 2.05) is 24.3 Å². The van der Waals surface area contributed by atoms with Gasteiger partial charge >= 0.3 is 0 Å². The number of hydrogen-bond donors (Lipinski definition) is 2. The van der Waals surface area contributed by atoms with Crippen LogP contribution in [0.1, 0.15) is 29.3 Å². The van der Waals surface area contributed by atoms with Gasteiger partial charge in [-0.15, -0.1) is 0 Å². The lowest BCUT2D eigenvalue weighted by molar-refractivity contribution is 0.0998. The van der Waals surface area contributed by atoms with Crippen molar-refractivity contribution < 1.29 is 9.53 Å². The van der Waals surface area contributed by atoms with Crippen molar-refractivity contribution in [2.24, 2.45) is 5.73 Å². The van der Waals surface area contributed by atoms with Crippen molar-refractivity contribution >= 4 is 11.6 Å². The van der Waals surface area contributed by atoms with Crippen LogP contribution in [0.15, 0.2) is 42.5 Å². The Morgan fingerprint density at radius 3 is 2.45 bits per heavy atom. The number of nitrogens with two attached hydrogens (primary N) is 2. The van der Waals surface area contributed by atoms with Gasteiger partial charge in [-0.05, 0) is 36.2 Å². The van der Waals surface area contributed by atoms with Crippen LogP contribution < -0.4 is 16.2 Å². The lowest BCUT2D eigenvalue weighted by Gasteiger charge is -2.10. The highest BCUT2D eigenvalue weighted by Crippen LogP contribution is 2.27. The molecule has 0 aromatic heterocycles. The molecule has 0 bridgehead atoms. The van der Waals surface area contributed by atoms with Crippen LogP contribution in [0.4, 0.5) is 5.69 Å². The zero-order valence-corrected chi connectivity index (χ0v) is 11.4. The topological polar surface area (TPSA) is 78.3 Å². The number of ether oxygens (including phenoxy) is 1. The van der Waals surface area contributed by atoms with Gasteiger partial charge in [0.1, 0.15) is 11.5 Å². The zero-order chi connectivity index (χ0) is 14.5. The van der Waals surface area contributed by atoms with Crippen molar-refractivity contribution in [1.82, 2.24) is 0 Å². The average molecular weight is 270 g/mol. The Morgan fingerprint density at radius 1 is 1.15 bits per heavy atom. The van der Waals surface area contributed by atoms with E-state index in [4.69, 9.17) is 16.2 Å². The summed E-state index contributed by atoms with van der Waals surface area (Å²) in [6, 6.07) is 12.6. The number of rotatable bonds is 5. The highest BCUT2D eigenvalue weighted by Gasteiger charge is 2.10. The SMILES string of the molecule is CCCc1ccc(Oc2cc(N)ccc2C(N)=O)cc1. The molecule has 2 aromatic carbocycles. The molecule has 0 heterocycles. The maximum absolute atomic E-state index is 11.4. The molecule has 0 radical (unpaired) electrons. The second-order valence-electron chi connectivity index (χ2n) is 4.62. The van der Waals surface area contributed by atoms with Gasteiger partial charge in [-0.2, -0.15) is 0 Å². The van der Waals surface area contributed by atoms with Gasteiger partial charge in [-0.25, -0.2) is 0 Å². The van der Waals surface area contributed by atoms with E-state index in [9.17, 15) is 4.79 Å². The number of amides is 1. The molecule has 4 heteroatoms. The molecule has 0 spiro atoms. The predicted molar refractivity (Wildman–Crippen MR) is 79.9 cm³/mol. The van der Waals surface area contributed by atoms with Crippen LogP contribution in [0, 0.1) is 0 Å². The minimum Gasteiger partial charge on any atom is -0.456 e. The summed E-state index contributed by atoms with van der Waals surface area (Å²) in [4.78, 5) is 11.4. The second kappa shape index (κ2) is 6.10. The summed E-state index contributed by atoms with van der Waals surface area (Å²) in [5, 5.41) is 0. The second-order valence-corrected chi connectivity index (χ2v) is 4.62. The Bertz CT molecular complexity index is 606. The first-order chi connectivity index (χ1) is 9.60. The maximum Gasteiger partial charge on any atom is 0.252 e. The van der Waals surface area contributed by atoms with Gasteiger partial charge in [0.15, 0.2) is 0 Å². The van der Waals surface area contributed by atoms with E-state index in [0.717, 1.165) is 12.8 Å². The molecule has 4 nitrogen and oxygen atoms in total. The summed E-state index contributed by atoms with van der Waals surface area (Å²) in [5.41, 5.74) is 13.1. The quantitative estimate of drug-likeness (QED) is 0.819. The van der Waals surface area contributed by atoms with Crippen LogP contribution >= 0.6 is 0 Å². The smallest absolute Gasteiger partial charge is 0.252 e. The summed E-state index contributed by atoms with van der Waals surface area (Å²) in [5.74, 6) is 0.487. The molecule has 0 aliphatic heterocycles. The number of carbonyl (C=O) groups is 1. The predicted octanol–water partition coefficient (Wildman–Crippen LogP) is 3.11. The Labute approximate surface area is 118 Å². The van der Waals surface area contributed by atoms with E-state index < -0.39 is 5.91 Å². The van der Waals surface area contributed by atoms with Crippen molar-refractivity contribution in [3.05, 3.63) is 53.6 Å². The molecule has 0 fully saturated rings. The van der Waals surface area contributed by atoms with E-state index >= 15 is 0 Å². The summed E-state index contributed by atoms with van der Waals surface area (Å²) in [7, 11) is 0. The number of aryl methyl sites for hydroxylation is 1. The first kappa shape index (κ1) is 13.9. The van der Waals surface area contributed by atoms with E-state index in [-0.39, 0.29) is 0 Å². The fourth-order valence-corrected chi connectivity index (χ4v) is 1.97. The van der Waals surface area contributed by atoms with Gasteiger partial charge in [0.25, 0.3) is 5.91 Å². The molecule has 2 aromatic rings. The highest BCUT2D eigenvalue weighted by atomic mass is 16.5. The van der Waals surface area contributed by atoms with Gasteiger partial charge in [0.05, 0.1) is 5.56 Å². The Morgan fingerprint density at radius 2 is 1.85 bits per heavy atom. The minimum absolute atomic E-state index is 0.317. The van der Waals surface area contributed by atoms with Crippen molar-refractivity contribution in [2.75, 3.05) is 5.73 Å². The lowest BCUT2D eigenvalue weighted by Crippen LogP contribution is -2.12.